The van der Waals surface area contributed by atoms with Crippen LogP contribution in [0.5, 0.6) is 17.2 Å². The smallest absolute Gasteiger partial charge is 0.422 e. The number of methoxy groups -OCH3 is 1. The lowest BCUT2D eigenvalue weighted by Crippen LogP contribution is -2.23. The third-order valence-electron chi connectivity index (χ3n) is 6.98. The molecule has 46 heavy (non-hydrogen) atoms. The molecule has 2 aromatic carbocycles. The Hall–Kier alpha value is -4.02. The summed E-state index contributed by atoms with van der Waals surface area (Å²) in [6.07, 6.45) is 2.86. The minimum absolute atomic E-state index is 0.0483. The van der Waals surface area contributed by atoms with Crippen LogP contribution in [0.2, 0.25) is 0 Å². The zero-order valence-electron chi connectivity index (χ0n) is 27.2. The minimum Gasteiger partial charge on any atom is -0.494 e. The van der Waals surface area contributed by atoms with Crippen LogP contribution in [0.1, 0.15) is 82.1 Å². The Balaban J connectivity index is 1.73. The molecule has 2 rings (SSSR count). The Morgan fingerprint density at radius 3 is 2.11 bits per heavy atom. The molecule has 0 aliphatic carbocycles. The molecule has 1 unspecified atom stereocenters. The first-order valence-corrected chi connectivity index (χ1v) is 15.5. The lowest BCUT2D eigenvalue weighted by molar-refractivity contribution is -0.182. The lowest BCUT2D eigenvalue weighted by atomic mass is 9.89. The molecule has 0 bridgehead atoms. The van der Waals surface area contributed by atoms with Gasteiger partial charge in [-0.25, -0.2) is 9.59 Å². The topological polar surface area (TPSA) is 97.4 Å². The van der Waals surface area contributed by atoms with Gasteiger partial charge in [-0.1, -0.05) is 40.2 Å². The number of esters is 3. The predicted molar refractivity (Wildman–Crippen MR) is 168 cm³/mol. The molecule has 0 aliphatic rings. The number of ether oxygens (including phenoxy) is 5. The van der Waals surface area contributed by atoms with Crippen LogP contribution in [0.25, 0.3) is 6.08 Å². The van der Waals surface area contributed by atoms with Gasteiger partial charge in [-0.15, -0.1) is 0 Å². The molecule has 1 atom stereocenters. The van der Waals surface area contributed by atoms with E-state index in [1.807, 2.05) is 0 Å². The highest BCUT2D eigenvalue weighted by Gasteiger charge is 2.29. The maximum Gasteiger partial charge on any atom is 0.422 e. The van der Waals surface area contributed by atoms with Gasteiger partial charge in [0.05, 0.1) is 31.8 Å². The van der Waals surface area contributed by atoms with Crippen molar-refractivity contribution >= 4 is 24.0 Å². The normalized spacial score (nSPS) is 12.3. The van der Waals surface area contributed by atoms with E-state index in [0.717, 1.165) is 44.6 Å². The van der Waals surface area contributed by atoms with E-state index < -0.39 is 24.7 Å². The molecule has 0 aliphatic heterocycles. The van der Waals surface area contributed by atoms with Gasteiger partial charge in [0.25, 0.3) is 0 Å². The molecule has 0 saturated heterocycles. The van der Waals surface area contributed by atoms with Crippen molar-refractivity contribution in [3.05, 3.63) is 59.7 Å². The van der Waals surface area contributed by atoms with Crippen LogP contribution in [0, 0.1) is 17.8 Å². The molecule has 11 heteroatoms. The second kappa shape index (κ2) is 19.5. The molecule has 0 radical (unpaired) electrons. The van der Waals surface area contributed by atoms with E-state index in [4.69, 9.17) is 18.9 Å². The number of carbonyl (C=O) groups excluding carboxylic acids is 3. The Morgan fingerprint density at radius 2 is 1.50 bits per heavy atom. The highest BCUT2D eigenvalue weighted by atomic mass is 19.4. The largest absolute Gasteiger partial charge is 0.494 e. The van der Waals surface area contributed by atoms with Crippen LogP contribution in [-0.2, 0) is 19.1 Å². The summed E-state index contributed by atoms with van der Waals surface area (Å²) in [4.78, 5) is 36.6. The zero-order valence-corrected chi connectivity index (χ0v) is 27.2. The molecule has 8 nitrogen and oxygen atoms in total. The maximum atomic E-state index is 12.7. The van der Waals surface area contributed by atoms with Gasteiger partial charge in [0.15, 0.2) is 18.1 Å². The van der Waals surface area contributed by atoms with Gasteiger partial charge in [-0.2, -0.15) is 13.2 Å². The Morgan fingerprint density at radius 1 is 0.826 bits per heavy atom. The van der Waals surface area contributed by atoms with Crippen molar-refractivity contribution in [1.29, 1.82) is 0 Å². The number of benzene rings is 2. The van der Waals surface area contributed by atoms with E-state index in [2.05, 4.69) is 32.4 Å². The zero-order chi connectivity index (χ0) is 34.1. The number of hydrogen-bond donors (Lipinski definition) is 0. The number of rotatable bonds is 19. The summed E-state index contributed by atoms with van der Waals surface area (Å²) >= 11 is 0. The first-order chi connectivity index (χ1) is 21.8. The molecule has 0 saturated carbocycles. The summed E-state index contributed by atoms with van der Waals surface area (Å²) in [5.74, 6) is -0.199. The van der Waals surface area contributed by atoms with Gasteiger partial charge in [0.2, 0.25) is 0 Å². The van der Waals surface area contributed by atoms with Gasteiger partial charge in [0, 0.05) is 6.08 Å². The van der Waals surface area contributed by atoms with Gasteiger partial charge in [0.1, 0.15) is 5.75 Å². The van der Waals surface area contributed by atoms with E-state index in [1.54, 1.807) is 24.3 Å². The molecular formula is C35H45F3O8. The third kappa shape index (κ3) is 14.8. The van der Waals surface area contributed by atoms with Gasteiger partial charge >= 0.3 is 24.1 Å². The number of carbonyl (C=O) groups is 3. The summed E-state index contributed by atoms with van der Waals surface area (Å²) in [6, 6.07) is 10.9. The van der Waals surface area contributed by atoms with Crippen molar-refractivity contribution in [3.63, 3.8) is 0 Å². The second-order valence-electron chi connectivity index (χ2n) is 11.6. The molecule has 0 fully saturated rings. The highest BCUT2D eigenvalue weighted by molar-refractivity contribution is 5.91. The lowest BCUT2D eigenvalue weighted by Gasteiger charge is -2.20. The predicted octanol–water partition coefficient (Wildman–Crippen LogP) is 8.22. The van der Waals surface area contributed by atoms with Crippen LogP contribution in [0.4, 0.5) is 13.2 Å². The maximum absolute atomic E-state index is 12.7. The van der Waals surface area contributed by atoms with Crippen LogP contribution < -0.4 is 14.2 Å². The average molecular weight is 651 g/mol. The first kappa shape index (κ1) is 38.2. The van der Waals surface area contributed by atoms with Crippen LogP contribution in [0.3, 0.4) is 0 Å². The van der Waals surface area contributed by atoms with Gasteiger partial charge < -0.3 is 23.7 Å². The molecular weight excluding hydrogens is 605 g/mol. The van der Waals surface area contributed by atoms with Gasteiger partial charge in [-0.05, 0) is 92.0 Å². The van der Waals surface area contributed by atoms with E-state index in [9.17, 15) is 27.6 Å². The van der Waals surface area contributed by atoms with Crippen molar-refractivity contribution in [1.82, 2.24) is 0 Å². The fourth-order valence-electron chi connectivity index (χ4n) is 4.35. The molecule has 0 aromatic heterocycles. The van der Waals surface area contributed by atoms with E-state index in [1.165, 1.54) is 31.4 Å². The van der Waals surface area contributed by atoms with E-state index >= 15 is 0 Å². The van der Waals surface area contributed by atoms with E-state index in [-0.39, 0.29) is 34.9 Å². The number of hydrogen-bond acceptors (Lipinski definition) is 8. The molecule has 0 spiro atoms. The Bertz CT molecular complexity index is 1270. The van der Waals surface area contributed by atoms with E-state index in [0.29, 0.717) is 30.4 Å². The summed E-state index contributed by atoms with van der Waals surface area (Å²) in [7, 11) is 1.36. The van der Waals surface area contributed by atoms with Crippen molar-refractivity contribution in [2.75, 3.05) is 26.9 Å². The standard InChI is InChI=1S/C35H45F3O8/c1-24(2)10-17-29(25(3)4)34(41)44-21-9-7-6-8-20-43-28-15-13-27(14-16-28)33(40)46-30-18-11-26(22-31(30)42-5)12-19-32(39)45-23-35(36,37)38/h11-16,18-19,22,24-25,29H,6-10,17,20-21,23H2,1-5H3/b19-12+. The third-order valence-corrected chi connectivity index (χ3v) is 6.98. The first-order valence-electron chi connectivity index (χ1n) is 15.5. The second-order valence-corrected chi connectivity index (χ2v) is 11.6. The summed E-state index contributed by atoms with van der Waals surface area (Å²) in [6.45, 7) is 7.70. The molecule has 0 heterocycles. The summed E-state index contributed by atoms with van der Waals surface area (Å²) in [5, 5.41) is 0. The van der Waals surface area contributed by atoms with Crippen molar-refractivity contribution in [2.45, 2.75) is 72.4 Å². The van der Waals surface area contributed by atoms with Crippen LogP contribution >= 0.6 is 0 Å². The summed E-state index contributed by atoms with van der Waals surface area (Å²) in [5.41, 5.74) is 0.696. The van der Waals surface area contributed by atoms with Crippen molar-refractivity contribution < 1.29 is 51.2 Å². The summed E-state index contributed by atoms with van der Waals surface area (Å²) < 4.78 is 62.7. The number of unbranched alkanes of at least 4 members (excludes halogenated alkanes) is 3. The SMILES string of the molecule is COc1cc(/C=C/C(=O)OCC(F)(F)F)ccc1OC(=O)c1ccc(OCCCCCCOC(=O)C(CCC(C)C)C(C)C)cc1. The molecule has 0 N–H and O–H groups in total. The average Bonchev–Trinajstić information content (AvgIpc) is 3.00. The molecule has 254 valence electrons. The van der Waals surface area contributed by atoms with Crippen molar-refractivity contribution in [3.8, 4) is 17.2 Å². The fraction of sp³-hybridized carbons (Fsp3) is 0.514. The van der Waals surface area contributed by atoms with Crippen molar-refractivity contribution in [2.24, 2.45) is 17.8 Å². The highest BCUT2D eigenvalue weighted by Crippen LogP contribution is 2.30. The van der Waals surface area contributed by atoms with Gasteiger partial charge in [-0.3, -0.25) is 4.79 Å². The number of alkyl halides is 3. The monoisotopic (exact) mass is 650 g/mol. The Labute approximate surface area is 269 Å². The Kier molecular flexibility index (Phi) is 16.2. The minimum atomic E-state index is -4.61. The number of halogens is 3. The molecule has 0 amide bonds. The van der Waals surface area contributed by atoms with Crippen LogP contribution in [-0.4, -0.2) is 51.0 Å². The molecule has 2 aromatic rings. The quantitative estimate of drug-likeness (QED) is 0.0649. The fourth-order valence-corrected chi connectivity index (χ4v) is 4.35. The van der Waals surface area contributed by atoms with Crippen LogP contribution in [0.15, 0.2) is 48.5 Å².